The molecule has 1 aromatic heterocycles. The number of rotatable bonds is 10. The van der Waals surface area contributed by atoms with Crippen LogP contribution in [0.2, 0.25) is 0 Å². The Kier molecular flexibility index (Phi) is 9.31. The van der Waals surface area contributed by atoms with Crippen molar-refractivity contribution in [1.29, 1.82) is 0 Å². The Morgan fingerprint density at radius 2 is 1.70 bits per heavy atom. The first-order chi connectivity index (χ1) is 15.6. The number of benzene rings is 1. The Morgan fingerprint density at radius 3 is 2.24 bits per heavy atom. The molecule has 0 radical (unpaired) electrons. The van der Waals surface area contributed by atoms with Gasteiger partial charge in [0.15, 0.2) is 6.10 Å². The van der Waals surface area contributed by atoms with Crippen LogP contribution in [0.3, 0.4) is 0 Å². The number of nitrogens with one attached hydrogen (secondary N) is 1. The predicted molar refractivity (Wildman–Crippen MR) is 111 cm³/mol. The molecule has 0 aliphatic rings. The smallest absolute Gasteiger partial charge is 0.417 e. The summed E-state index contributed by atoms with van der Waals surface area (Å²) in [5.41, 5.74) is -0.874. The van der Waals surface area contributed by atoms with E-state index in [-0.39, 0.29) is 19.1 Å². The summed E-state index contributed by atoms with van der Waals surface area (Å²) in [6.07, 6.45) is -4.76. The van der Waals surface area contributed by atoms with Crippen molar-refractivity contribution in [2.45, 2.75) is 45.5 Å². The number of amides is 1. The summed E-state index contributed by atoms with van der Waals surface area (Å²) in [6.45, 7) is 5.23. The van der Waals surface area contributed by atoms with Gasteiger partial charge in [-0.3, -0.25) is 0 Å². The van der Waals surface area contributed by atoms with Crippen molar-refractivity contribution in [3.05, 3.63) is 48.2 Å². The molecule has 0 bridgehead atoms. The van der Waals surface area contributed by atoms with Gasteiger partial charge in [-0.1, -0.05) is 6.92 Å². The van der Waals surface area contributed by atoms with Gasteiger partial charge in [0.05, 0.1) is 18.2 Å². The molecule has 1 amide bonds. The lowest BCUT2D eigenvalue weighted by Gasteiger charge is -2.19. The molecule has 1 heterocycles. The van der Waals surface area contributed by atoms with Gasteiger partial charge in [-0.15, -0.1) is 0 Å². The highest BCUT2D eigenvalue weighted by Crippen LogP contribution is 2.30. The summed E-state index contributed by atoms with van der Waals surface area (Å²) < 4.78 is 58.7. The zero-order valence-electron chi connectivity index (χ0n) is 18.3. The van der Waals surface area contributed by atoms with Crippen LogP contribution in [-0.4, -0.2) is 42.4 Å². The van der Waals surface area contributed by atoms with Gasteiger partial charge < -0.3 is 24.3 Å². The summed E-state index contributed by atoms with van der Waals surface area (Å²) in [5, 5.41) is 2.59. The number of aromatic nitrogens is 1. The van der Waals surface area contributed by atoms with Crippen LogP contribution < -0.4 is 14.8 Å². The number of esters is 1. The van der Waals surface area contributed by atoms with E-state index < -0.39 is 35.9 Å². The molecular formula is C22H25F3N2O6. The first-order valence-corrected chi connectivity index (χ1v) is 10.2. The van der Waals surface area contributed by atoms with E-state index in [1.807, 2.05) is 6.92 Å². The third-order valence-electron chi connectivity index (χ3n) is 4.27. The van der Waals surface area contributed by atoms with Gasteiger partial charge in [0.1, 0.15) is 18.1 Å². The van der Waals surface area contributed by atoms with E-state index in [9.17, 15) is 22.8 Å². The molecule has 1 aromatic carbocycles. The third kappa shape index (κ3) is 8.51. The molecular weight excluding hydrogens is 445 g/mol. The van der Waals surface area contributed by atoms with Crippen LogP contribution in [0.15, 0.2) is 42.6 Å². The summed E-state index contributed by atoms with van der Waals surface area (Å²) in [6, 6.07) is 7.69. The minimum atomic E-state index is -4.47. The number of alkyl carbamates (subject to hydrolysis) is 1. The lowest BCUT2D eigenvalue weighted by molar-refractivity contribution is -0.151. The van der Waals surface area contributed by atoms with Gasteiger partial charge in [-0.25, -0.2) is 14.6 Å². The van der Waals surface area contributed by atoms with E-state index in [1.54, 1.807) is 6.92 Å². The molecule has 2 rings (SSSR count). The van der Waals surface area contributed by atoms with Crippen LogP contribution in [0.25, 0.3) is 0 Å². The molecule has 1 N–H and O–H groups in total. The molecule has 33 heavy (non-hydrogen) atoms. The monoisotopic (exact) mass is 470 g/mol. The average molecular weight is 470 g/mol. The predicted octanol–water partition coefficient (Wildman–Crippen LogP) is 4.73. The summed E-state index contributed by atoms with van der Waals surface area (Å²) in [7, 11) is 0. The van der Waals surface area contributed by atoms with Gasteiger partial charge in [0.25, 0.3) is 0 Å². The topological polar surface area (TPSA) is 96.0 Å². The second-order valence-electron chi connectivity index (χ2n) is 6.82. The van der Waals surface area contributed by atoms with Gasteiger partial charge in [0, 0.05) is 12.3 Å². The highest BCUT2D eigenvalue weighted by molar-refractivity contribution is 5.74. The first-order valence-electron chi connectivity index (χ1n) is 10.2. The summed E-state index contributed by atoms with van der Waals surface area (Å²) >= 11 is 0. The van der Waals surface area contributed by atoms with Gasteiger partial charge in [-0.05, 0) is 50.6 Å². The molecule has 0 aliphatic heterocycles. The Bertz CT molecular complexity index is 904. The van der Waals surface area contributed by atoms with Crippen LogP contribution in [-0.2, 0) is 20.4 Å². The molecule has 0 spiro atoms. The van der Waals surface area contributed by atoms with E-state index in [0.717, 1.165) is 12.1 Å². The third-order valence-corrected chi connectivity index (χ3v) is 4.27. The number of alkyl halides is 3. The first kappa shape index (κ1) is 25.8. The van der Waals surface area contributed by atoms with Crippen LogP contribution in [0.4, 0.5) is 18.0 Å². The zero-order valence-corrected chi connectivity index (χ0v) is 18.3. The number of pyridine rings is 1. The highest BCUT2D eigenvalue weighted by atomic mass is 19.4. The number of carbonyl (C=O) groups is 2. The standard InChI is InChI=1S/C22H25F3N2O6/c1-4-16(27-21(29)30-5-2)13-31-20(28)14(3)32-17-7-9-18(10-8-17)33-19-11-6-15(12-26-19)22(23,24)25/h6-12,14,16H,4-5,13H2,1-3H3,(H,27,29). The molecule has 0 fully saturated rings. The highest BCUT2D eigenvalue weighted by Gasteiger charge is 2.30. The molecule has 180 valence electrons. The van der Waals surface area contributed by atoms with Crippen molar-refractivity contribution in [3.8, 4) is 17.4 Å². The van der Waals surface area contributed by atoms with E-state index in [2.05, 4.69) is 10.3 Å². The Balaban J connectivity index is 1.84. The molecule has 2 atom stereocenters. The molecule has 2 aromatic rings. The summed E-state index contributed by atoms with van der Waals surface area (Å²) in [5.74, 6) is 0.0495. The molecule has 8 nitrogen and oxygen atoms in total. The van der Waals surface area contributed by atoms with Crippen molar-refractivity contribution in [2.75, 3.05) is 13.2 Å². The van der Waals surface area contributed by atoms with E-state index in [0.29, 0.717) is 24.1 Å². The molecule has 0 saturated carbocycles. The zero-order chi connectivity index (χ0) is 24.4. The molecule has 0 aliphatic carbocycles. The Morgan fingerprint density at radius 1 is 1.03 bits per heavy atom. The van der Waals surface area contributed by atoms with Crippen molar-refractivity contribution in [2.24, 2.45) is 0 Å². The van der Waals surface area contributed by atoms with Crippen molar-refractivity contribution in [3.63, 3.8) is 0 Å². The maximum atomic E-state index is 12.6. The second-order valence-corrected chi connectivity index (χ2v) is 6.82. The summed E-state index contributed by atoms with van der Waals surface area (Å²) in [4.78, 5) is 27.3. The van der Waals surface area contributed by atoms with Crippen LogP contribution >= 0.6 is 0 Å². The number of hydrogen-bond acceptors (Lipinski definition) is 7. The van der Waals surface area contributed by atoms with Crippen molar-refractivity contribution < 1.29 is 41.7 Å². The van der Waals surface area contributed by atoms with Crippen LogP contribution in [0.5, 0.6) is 17.4 Å². The van der Waals surface area contributed by atoms with E-state index >= 15 is 0 Å². The number of carbonyl (C=O) groups excluding carboxylic acids is 2. The van der Waals surface area contributed by atoms with E-state index in [1.165, 1.54) is 31.2 Å². The minimum Gasteiger partial charge on any atom is -0.479 e. The SMILES string of the molecule is CCOC(=O)NC(CC)COC(=O)C(C)Oc1ccc(Oc2ccc(C(F)(F)F)cn2)cc1. The fourth-order valence-electron chi connectivity index (χ4n) is 2.47. The molecule has 11 heteroatoms. The number of nitrogens with zero attached hydrogens (tertiary/aromatic N) is 1. The lowest BCUT2D eigenvalue weighted by Crippen LogP contribution is -2.40. The maximum absolute atomic E-state index is 12.6. The largest absolute Gasteiger partial charge is 0.479 e. The van der Waals surface area contributed by atoms with Crippen molar-refractivity contribution >= 4 is 12.1 Å². The maximum Gasteiger partial charge on any atom is 0.417 e. The number of hydrogen-bond donors (Lipinski definition) is 1. The quantitative estimate of drug-likeness (QED) is 0.502. The average Bonchev–Trinajstić information content (AvgIpc) is 2.77. The van der Waals surface area contributed by atoms with Gasteiger partial charge >= 0.3 is 18.2 Å². The fraction of sp³-hybridized carbons (Fsp3) is 0.409. The molecule has 2 unspecified atom stereocenters. The Hall–Kier alpha value is -3.50. The van der Waals surface area contributed by atoms with E-state index in [4.69, 9.17) is 18.9 Å². The minimum absolute atomic E-state index is 0.00415. The molecule has 0 saturated heterocycles. The number of halogens is 3. The number of ether oxygens (including phenoxy) is 4. The van der Waals surface area contributed by atoms with Crippen LogP contribution in [0, 0.1) is 0 Å². The van der Waals surface area contributed by atoms with Gasteiger partial charge in [-0.2, -0.15) is 13.2 Å². The second kappa shape index (κ2) is 11.9. The fourth-order valence-corrected chi connectivity index (χ4v) is 2.47. The normalized spacial score (nSPS) is 12.9. The Labute approximate surface area is 189 Å². The van der Waals surface area contributed by atoms with Gasteiger partial charge in [0.2, 0.25) is 5.88 Å². The lowest BCUT2D eigenvalue weighted by atomic mass is 10.2. The van der Waals surface area contributed by atoms with Crippen LogP contribution in [0.1, 0.15) is 32.8 Å². The van der Waals surface area contributed by atoms with Crippen molar-refractivity contribution in [1.82, 2.24) is 10.3 Å².